The number of aryl methyl sites for hydroxylation is 2. The minimum absolute atomic E-state index is 0.590. The van der Waals surface area contributed by atoms with Crippen LogP contribution in [0, 0.1) is 6.92 Å². The summed E-state index contributed by atoms with van der Waals surface area (Å²) in [5.41, 5.74) is 1.46. The molecular weight excluding hydrogens is 298 g/mol. The molecule has 5 nitrogen and oxygen atoms in total. The van der Waals surface area contributed by atoms with Crippen LogP contribution in [0.15, 0.2) is 4.47 Å². The third-order valence-electron chi connectivity index (χ3n) is 3.43. The highest BCUT2D eigenvalue weighted by molar-refractivity contribution is 9.10. The number of hydrogen-bond donors (Lipinski definition) is 2. The number of aliphatic hydroxyl groups is 1. The van der Waals surface area contributed by atoms with Crippen molar-refractivity contribution in [3.8, 4) is 0 Å². The fourth-order valence-corrected chi connectivity index (χ4v) is 2.69. The van der Waals surface area contributed by atoms with Gasteiger partial charge in [-0.25, -0.2) is 0 Å². The van der Waals surface area contributed by atoms with Crippen LogP contribution < -0.4 is 5.32 Å². The van der Waals surface area contributed by atoms with Gasteiger partial charge in [0.1, 0.15) is 0 Å². The van der Waals surface area contributed by atoms with Gasteiger partial charge >= 0.3 is 0 Å². The summed E-state index contributed by atoms with van der Waals surface area (Å²) in [7, 11) is 1.93. The van der Waals surface area contributed by atoms with Gasteiger partial charge in [0.15, 0.2) is 0 Å². The Bertz CT molecular complexity index is 414. The SMILES string of the molecule is Cc1nn(C)c(CNCC2(O)CCOCC2)c1Br. The molecule has 1 fully saturated rings. The maximum Gasteiger partial charge on any atom is 0.0815 e. The molecule has 0 spiro atoms. The Morgan fingerprint density at radius 3 is 2.72 bits per heavy atom. The van der Waals surface area contributed by atoms with Crippen LogP contribution in [-0.4, -0.2) is 40.2 Å². The third kappa shape index (κ3) is 3.12. The third-order valence-corrected chi connectivity index (χ3v) is 4.46. The Morgan fingerprint density at radius 2 is 2.17 bits per heavy atom. The first-order valence-corrected chi connectivity index (χ1v) is 7.00. The van der Waals surface area contributed by atoms with Gasteiger partial charge in [-0.05, 0) is 22.9 Å². The summed E-state index contributed by atoms with van der Waals surface area (Å²) in [5, 5.41) is 18.0. The number of rotatable bonds is 4. The number of hydrogen-bond acceptors (Lipinski definition) is 4. The molecule has 0 saturated carbocycles. The summed E-state index contributed by atoms with van der Waals surface area (Å²) in [6.07, 6.45) is 1.40. The van der Waals surface area contributed by atoms with Gasteiger partial charge in [-0.15, -0.1) is 0 Å². The molecule has 0 radical (unpaired) electrons. The van der Waals surface area contributed by atoms with E-state index in [1.165, 1.54) is 0 Å². The second kappa shape index (κ2) is 5.69. The van der Waals surface area contributed by atoms with Gasteiger partial charge in [0.05, 0.1) is 21.5 Å². The summed E-state index contributed by atoms with van der Waals surface area (Å²) in [5.74, 6) is 0. The minimum atomic E-state index is -0.627. The highest BCUT2D eigenvalue weighted by Gasteiger charge is 2.29. The zero-order chi connectivity index (χ0) is 13.2. The molecule has 0 atom stereocenters. The number of nitrogens with one attached hydrogen (secondary N) is 1. The molecule has 1 saturated heterocycles. The molecule has 1 aliphatic heterocycles. The molecule has 1 aromatic rings. The Labute approximate surface area is 116 Å². The Kier molecular flexibility index (Phi) is 4.42. The van der Waals surface area contributed by atoms with Crippen molar-refractivity contribution in [3.05, 3.63) is 15.9 Å². The van der Waals surface area contributed by atoms with E-state index in [-0.39, 0.29) is 0 Å². The molecule has 2 N–H and O–H groups in total. The van der Waals surface area contributed by atoms with Crippen LogP contribution in [0.4, 0.5) is 0 Å². The number of aromatic nitrogens is 2. The highest BCUT2D eigenvalue weighted by Crippen LogP contribution is 2.22. The van der Waals surface area contributed by atoms with Gasteiger partial charge in [-0.2, -0.15) is 5.10 Å². The maximum atomic E-state index is 10.3. The summed E-state index contributed by atoms with van der Waals surface area (Å²) in [6.45, 7) is 4.55. The van der Waals surface area contributed by atoms with Crippen LogP contribution in [0.25, 0.3) is 0 Å². The number of ether oxygens (including phenoxy) is 1. The molecule has 0 aromatic carbocycles. The monoisotopic (exact) mass is 317 g/mol. The molecule has 1 aromatic heterocycles. The van der Waals surface area contributed by atoms with E-state index < -0.39 is 5.60 Å². The first-order chi connectivity index (χ1) is 8.52. The van der Waals surface area contributed by atoms with Gasteiger partial charge in [-0.3, -0.25) is 4.68 Å². The topological polar surface area (TPSA) is 59.3 Å². The van der Waals surface area contributed by atoms with Gasteiger partial charge in [0.25, 0.3) is 0 Å². The van der Waals surface area contributed by atoms with Crippen molar-refractivity contribution < 1.29 is 9.84 Å². The van der Waals surface area contributed by atoms with Crippen LogP contribution in [0.3, 0.4) is 0 Å². The summed E-state index contributed by atoms with van der Waals surface area (Å²) in [4.78, 5) is 0. The fraction of sp³-hybridized carbons (Fsp3) is 0.750. The maximum absolute atomic E-state index is 10.3. The second-order valence-electron chi connectivity index (χ2n) is 4.91. The highest BCUT2D eigenvalue weighted by atomic mass is 79.9. The molecule has 0 unspecified atom stereocenters. The van der Waals surface area contributed by atoms with Crippen molar-refractivity contribution in [2.75, 3.05) is 19.8 Å². The van der Waals surface area contributed by atoms with Gasteiger partial charge in [0, 0.05) is 46.2 Å². The normalized spacial score (nSPS) is 19.1. The van der Waals surface area contributed by atoms with Crippen molar-refractivity contribution in [1.29, 1.82) is 0 Å². The molecule has 0 bridgehead atoms. The van der Waals surface area contributed by atoms with E-state index in [1.807, 2.05) is 18.7 Å². The smallest absolute Gasteiger partial charge is 0.0815 e. The van der Waals surface area contributed by atoms with E-state index in [1.54, 1.807) is 0 Å². The average molecular weight is 318 g/mol. The Balaban J connectivity index is 1.88. The minimum Gasteiger partial charge on any atom is -0.388 e. The first-order valence-electron chi connectivity index (χ1n) is 6.21. The molecular formula is C12H20BrN3O2. The van der Waals surface area contributed by atoms with Crippen LogP contribution in [-0.2, 0) is 18.3 Å². The standard InChI is InChI=1S/C12H20BrN3O2/c1-9-11(13)10(16(2)15-9)7-14-8-12(17)3-5-18-6-4-12/h14,17H,3-8H2,1-2H3. The number of nitrogens with zero attached hydrogens (tertiary/aromatic N) is 2. The van der Waals surface area contributed by atoms with E-state index in [0.717, 1.165) is 15.9 Å². The molecule has 2 heterocycles. The van der Waals surface area contributed by atoms with E-state index in [0.29, 0.717) is 39.1 Å². The molecule has 102 valence electrons. The van der Waals surface area contributed by atoms with E-state index >= 15 is 0 Å². The number of halogens is 1. The van der Waals surface area contributed by atoms with E-state index in [9.17, 15) is 5.11 Å². The van der Waals surface area contributed by atoms with Gasteiger partial charge < -0.3 is 15.2 Å². The Hall–Kier alpha value is -0.430. The second-order valence-corrected chi connectivity index (χ2v) is 5.70. The molecule has 1 aliphatic rings. The van der Waals surface area contributed by atoms with Gasteiger partial charge in [0.2, 0.25) is 0 Å². The molecule has 6 heteroatoms. The summed E-state index contributed by atoms with van der Waals surface area (Å²) >= 11 is 3.53. The zero-order valence-corrected chi connectivity index (χ0v) is 12.5. The average Bonchev–Trinajstić information content (AvgIpc) is 2.56. The lowest BCUT2D eigenvalue weighted by Crippen LogP contribution is -2.44. The van der Waals surface area contributed by atoms with Crippen LogP contribution in [0.5, 0.6) is 0 Å². The van der Waals surface area contributed by atoms with Crippen molar-refractivity contribution in [2.45, 2.75) is 31.9 Å². The quantitative estimate of drug-likeness (QED) is 0.873. The zero-order valence-electron chi connectivity index (χ0n) is 10.9. The largest absolute Gasteiger partial charge is 0.388 e. The lowest BCUT2D eigenvalue weighted by atomic mass is 9.94. The molecule has 0 amide bonds. The van der Waals surface area contributed by atoms with Crippen molar-refractivity contribution in [1.82, 2.24) is 15.1 Å². The lowest BCUT2D eigenvalue weighted by Gasteiger charge is -2.32. The lowest BCUT2D eigenvalue weighted by molar-refractivity contribution is -0.0617. The van der Waals surface area contributed by atoms with Crippen molar-refractivity contribution in [2.24, 2.45) is 7.05 Å². The Morgan fingerprint density at radius 1 is 1.50 bits per heavy atom. The van der Waals surface area contributed by atoms with Gasteiger partial charge in [-0.1, -0.05) is 0 Å². The predicted molar refractivity (Wildman–Crippen MR) is 72.4 cm³/mol. The molecule has 2 rings (SSSR count). The molecule has 18 heavy (non-hydrogen) atoms. The fourth-order valence-electron chi connectivity index (χ4n) is 2.21. The summed E-state index contributed by atoms with van der Waals surface area (Å²) < 4.78 is 8.16. The van der Waals surface area contributed by atoms with Crippen LogP contribution >= 0.6 is 15.9 Å². The van der Waals surface area contributed by atoms with Crippen molar-refractivity contribution in [3.63, 3.8) is 0 Å². The van der Waals surface area contributed by atoms with Crippen molar-refractivity contribution >= 4 is 15.9 Å². The van der Waals surface area contributed by atoms with Crippen LogP contribution in [0.1, 0.15) is 24.2 Å². The van der Waals surface area contributed by atoms with E-state index in [4.69, 9.17) is 4.74 Å². The van der Waals surface area contributed by atoms with E-state index in [2.05, 4.69) is 26.3 Å². The molecule has 0 aliphatic carbocycles. The van der Waals surface area contributed by atoms with Crippen LogP contribution in [0.2, 0.25) is 0 Å². The predicted octanol–water partition coefficient (Wildman–Crippen LogP) is 1.12. The summed E-state index contributed by atoms with van der Waals surface area (Å²) in [6, 6.07) is 0. The first kappa shape index (κ1) is 14.0.